The summed E-state index contributed by atoms with van der Waals surface area (Å²) >= 11 is 13.8. The Labute approximate surface area is 200 Å². The van der Waals surface area contributed by atoms with Crippen molar-refractivity contribution in [3.63, 3.8) is 0 Å². The van der Waals surface area contributed by atoms with E-state index in [1.165, 1.54) is 0 Å². The monoisotopic (exact) mass is 483 g/mol. The molecule has 0 aliphatic carbocycles. The number of carbonyl (C=O) groups is 1. The van der Waals surface area contributed by atoms with Crippen LogP contribution in [0.25, 0.3) is 0 Å². The number of para-hydroxylation sites is 1. The van der Waals surface area contributed by atoms with Gasteiger partial charge in [0.15, 0.2) is 4.99 Å². The number of thioether (sulfide) groups is 1. The fourth-order valence-corrected chi connectivity index (χ4v) is 5.85. The summed E-state index contributed by atoms with van der Waals surface area (Å²) in [5, 5.41) is 7.73. The minimum absolute atomic E-state index is 0.0512. The zero-order chi connectivity index (χ0) is 22.3. The van der Waals surface area contributed by atoms with Crippen molar-refractivity contribution in [2.45, 2.75) is 18.3 Å². The van der Waals surface area contributed by atoms with Gasteiger partial charge in [-0.1, -0.05) is 53.2 Å². The first kappa shape index (κ1) is 21.2. The van der Waals surface area contributed by atoms with Crippen molar-refractivity contribution >= 4 is 58.0 Å². The minimum Gasteiger partial charge on any atom is -0.456 e. The number of hydrogen-bond donors (Lipinski definition) is 0. The van der Waals surface area contributed by atoms with Crippen molar-refractivity contribution in [1.29, 1.82) is 0 Å². The number of nitrogens with zero attached hydrogens (tertiary/aromatic N) is 3. The van der Waals surface area contributed by atoms with Gasteiger partial charge < -0.3 is 4.74 Å². The van der Waals surface area contributed by atoms with Crippen LogP contribution in [0.2, 0.25) is 10.0 Å². The van der Waals surface area contributed by atoms with E-state index in [0.717, 1.165) is 17.1 Å². The molecule has 2 aliphatic rings. The third-order valence-electron chi connectivity index (χ3n) is 5.33. The molecule has 0 N–H and O–H groups in total. The van der Waals surface area contributed by atoms with Crippen LogP contribution in [0.4, 0.5) is 11.4 Å². The van der Waals surface area contributed by atoms with Crippen LogP contribution in [-0.4, -0.2) is 22.4 Å². The fourth-order valence-electron chi connectivity index (χ4n) is 4.00. The number of amides is 1. The molecule has 3 aromatic carbocycles. The van der Waals surface area contributed by atoms with Crippen molar-refractivity contribution in [3.05, 3.63) is 82.8 Å². The Hall–Kier alpha value is -2.67. The van der Waals surface area contributed by atoms with Gasteiger partial charge in [0.2, 0.25) is 5.91 Å². The number of hydrogen-bond acceptors (Lipinski definition) is 5. The Morgan fingerprint density at radius 3 is 2.47 bits per heavy atom. The molecule has 162 valence electrons. The SMILES string of the molecule is CC1=NN(c2ccccc2)C2(C1)SCC(=O)N2c1ccc(Oc2ccc(Cl)cc2Cl)cc1. The second kappa shape index (κ2) is 8.35. The second-order valence-electron chi connectivity index (χ2n) is 7.59. The molecule has 2 heterocycles. The maximum atomic E-state index is 13.0. The number of anilines is 2. The zero-order valence-corrected chi connectivity index (χ0v) is 19.5. The van der Waals surface area contributed by atoms with Gasteiger partial charge in [0.05, 0.1) is 16.5 Å². The fraction of sp³-hybridized carbons (Fsp3) is 0.167. The largest absolute Gasteiger partial charge is 0.456 e. The van der Waals surface area contributed by atoms with Gasteiger partial charge in [-0.3, -0.25) is 9.69 Å². The van der Waals surface area contributed by atoms with E-state index < -0.39 is 4.99 Å². The molecule has 0 aromatic heterocycles. The number of benzene rings is 3. The van der Waals surface area contributed by atoms with Crippen LogP contribution in [0.15, 0.2) is 77.9 Å². The molecule has 0 radical (unpaired) electrons. The van der Waals surface area contributed by atoms with Gasteiger partial charge in [-0.15, -0.1) is 0 Å². The summed E-state index contributed by atoms with van der Waals surface area (Å²) in [6.07, 6.45) is 0.664. The molecular weight excluding hydrogens is 465 g/mol. The van der Waals surface area contributed by atoms with E-state index in [0.29, 0.717) is 33.7 Å². The summed E-state index contributed by atoms with van der Waals surface area (Å²) in [6.45, 7) is 2.00. The van der Waals surface area contributed by atoms with Gasteiger partial charge in [0.25, 0.3) is 0 Å². The molecule has 1 spiro atoms. The molecule has 1 amide bonds. The molecular formula is C24H19Cl2N3O2S. The van der Waals surface area contributed by atoms with Gasteiger partial charge in [-0.05, 0) is 61.5 Å². The number of rotatable bonds is 4. The van der Waals surface area contributed by atoms with Gasteiger partial charge in [0.1, 0.15) is 11.5 Å². The van der Waals surface area contributed by atoms with E-state index in [4.69, 9.17) is 33.0 Å². The average Bonchev–Trinajstić information content (AvgIpc) is 3.30. The van der Waals surface area contributed by atoms with E-state index in [1.807, 2.05) is 71.4 Å². The smallest absolute Gasteiger partial charge is 0.239 e. The maximum absolute atomic E-state index is 13.0. The predicted octanol–water partition coefficient (Wildman–Crippen LogP) is 6.81. The molecule has 1 unspecified atom stereocenters. The Kier molecular flexibility index (Phi) is 5.53. The van der Waals surface area contributed by atoms with Crippen molar-refractivity contribution < 1.29 is 9.53 Å². The summed E-state index contributed by atoms with van der Waals surface area (Å²) in [5.74, 6) is 1.58. The van der Waals surface area contributed by atoms with E-state index in [1.54, 1.807) is 30.0 Å². The highest BCUT2D eigenvalue weighted by Crippen LogP contribution is 2.50. The predicted molar refractivity (Wildman–Crippen MR) is 132 cm³/mol. The van der Waals surface area contributed by atoms with E-state index in [9.17, 15) is 4.79 Å². The minimum atomic E-state index is -0.621. The molecule has 2 aliphatic heterocycles. The average molecular weight is 484 g/mol. The van der Waals surface area contributed by atoms with Gasteiger partial charge >= 0.3 is 0 Å². The van der Waals surface area contributed by atoms with Crippen LogP contribution in [-0.2, 0) is 4.79 Å². The molecule has 5 nitrogen and oxygen atoms in total. The highest BCUT2D eigenvalue weighted by atomic mass is 35.5. The lowest BCUT2D eigenvalue weighted by molar-refractivity contribution is -0.116. The lowest BCUT2D eigenvalue weighted by atomic mass is 10.1. The van der Waals surface area contributed by atoms with Gasteiger partial charge in [-0.2, -0.15) is 5.10 Å². The molecule has 1 saturated heterocycles. The molecule has 0 bridgehead atoms. The first-order valence-electron chi connectivity index (χ1n) is 10.1. The maximum Gasteiger partial charge on any atom is 0.239 e. The lowest BCUT2D eigenvalue weighted by Crippen LogP contribution is -2.53. The third-order valence-corrected chi connectivity index (χ3v) is 7.21. The molecule has 0 saturated carbocycles. The first-order valence-corrected chi connectivity index (χ1v) is 11.8. The molecule has 8 heteroatoms. The van der Waals surface area contributed by atoms with E-state index >= 15 is 0 Å². The van der Waals surface area contributed by atoms with Crippen LogP contribution < -0.4 is 14.6 Å². The van der Waals surface area contributed by atoms with Crippen LogP contribution >= 0.6 is 35.0 Å². The van der Waals surface area contributed by atoms with Crippen LogP contribution in [0.3, 0.4) is 0 Å². The lowest BCUT2D eigenvalue weighted by Gasteiger charge is -2.40. The third kappa shape index (κ3) is 3.72. The van der Waals surface area contributed by atoms with Gasteiger partial charge in [0, 0.05) is 22.8 Å². The van der Waals surface area contributed by atoms with E-state index in [2.05, 4.69) is 0 Å². The molecule has 5 rings (SSSR count). The second-order valence-corrected chi connectivity index (χ2v) is 9.67. The van der Waals surface area contributed by atoms with E-state index in [-0.39, 0.29) is 5.91 Å². The van der Waals surface area contributed by atoms with Crippen molar-refractivity contribution in [2.75, 3.05) is 15.7 Å². The standard InChI is InChI=1S/C24H19Cl2N3O2S/c1-16-14-24(29(27-16)19-5-3-2-4-6-19)28(23(30)15-32-24)18-8-10-20(11-9-18)31-22-12-7-17(25)13-21(22)26/h2-13H,14-15H2,1H3. The molecule has 1 atom stereocenters. The highest BCUT2D eigenvalue weighted by molar-refractivity contribution is 8.02. The van der Waals surface area contributed by atoms with Gasteiger partial charge in [-0.25, -0.2) is 5.01 Å². The number of carbonyl (C=O) groups excluding carboxylic acids is 1. The summed E-state index contributed by atoms with van der Waals surface area (Å²) in [7, 11) is 0. The number of ether oxygens (including phenoxy) is 1. The van der Waals surface area contributed by atoms with Crippen LogP contribution in [0.1, 0.15) is 13.3 Å². The summed E-state index contributed by atoms with van der Waals surface area (Å²) in [6, 6.07) is 22.5. The number of halogens is 2. The summed E-state index contributed by atoms with van der Waals surface area (Å²) < 4.78 is 5.90. The Morgan fingerprint density at radius 2 is 1.75 bits per heavy atom. The Bertz CT molecular complexity index is 1200. The topological polar surface area (TPSA) is 45.1 Å². The van der Waals surface area contributed by atoms with Crippen molar-refractivity contribution in [3.8, 4) is 11.5 Å². The summed E-state index contributed by atoms with van der Waals surface area (Å²) in [4.78, 5) is 14.3. The van der Waals surface area contributed by atoms with Crippen LogP contribution in [0.5, 0.6) is 11.5 Å². The molecule has 32 heavy (non-hydrogen) atoms. The van der Waals surface area contributed by atoms with Crippen molar-refractivity contribution in [2.24, 2.45) is 5.10 Å². The van der Waals surface area contributed by atoms with Crippen LogP contribution in [0, 0.1) is 0 Å². The summed E-state index contributed by atoms with van der Waals surface area (Å²) in [5.41, 5.74) is 2.73. The quantitative estimate of drug-likeness (QED) is 0.408. The first-order chi connectivity index (χ1) is 15.5. The van der Waals surface area contributed by atoms with Crippen molar-refractivity contribution in [1.82, 2.24) is 0 Å². The normalized spacial score (nSPS) is 20.2. The number of hydrazone groups is 1. The Morgan fingerprint density at radius 1 is 1.00 bits per heavy atom. The highest BCUT2D eigenvalue weighted by Gasteiger charge is 2.55. The molecule has 1 fully saturated rings. The Balaban J connectivity index is 1.46. The molecule has 3 aromatic rings. The zero-order valence-electron chi connectivity index (χ0n) is 17.2.